The van der Waals surface area contributed by atoms with Crippen molar-refractivity contribution in [2.45, 2.75) is 6.61 Å². The van der Waals surface area contributed by atoms with E-state index in [-0.39, 0.29) is 12.1 Å². The highest BCUT2D eigenvalue weighted by atomic mass is 35.5. The Morgan fingerprint density at radius 2 is 1.71 bits per heavy atom. The van der Waals surface area contributed by atoms with Crippen LogP contribution in [0.25, 0.3) is 6.08 Å². The minimum Gasteiger partial charge on any atom is -0.489 e. The number of imide groups is 2. The molecule has 7 heteroatoms. The zero-order valence-corrected chi connectivity index (χ0v) is 15.6. The third kappa shape index (κ3) is 4.47. The van der Waals surface area contributed by atoms with Crippen molar-refractivity contribution in [3.05, 3.63) is 82.9 Å². The van der Waals surface area contributed by atoms with E-state index in [0.29, 0.717) is 22.9 Å². The van der Waals surface area contributed by atoms with E-state index in [0.717, 1.165) is 10.5 Å². The Morgan fingerprint density at radius 1 is 1.04 bits per heavy atom. The van der Waals surface area contributed by atoms with Crippen LogP contribution in [0.2, 0.25) is 5.02 Å². The molecule has 1 aliphatic rings. The molecule has 1 aliphatic heterocycles. The van der Waals surface area contributed by atoms with Gasteiger partial charge in [0.2, 0.25) is 0 Å². The number of nitrogens with zero attached hydrogens (tertiary/aromatic N) is 1. The molecule has 0 bridgehead atoms. The number of carbonyl (C=O) groups is 3. The summed E-state index contributed by atoms with van der Waals surface area (Å²) in [5.41, 5.74) is 1.49. The predicted molar refractivity (Wildman–Crippen MR) is 106 cm³/mol. The average Bonchev–Trinajstić information content (AvgIpc) is 2.69. The van der Waals surface area contributed by atoms with Crippen molar-refractivity contribution in [1.29, 1.82) is 0 Å². The van der Waals surface area contributed by atoms with Crippen molar-refractivity contribution in [3.8, 4) is 5.75 Å². The quantitative estimate of drug-likeness (QED) is 0.460. The average molecular weight is 397 g/mol. The summed E-state index contributed by atoms with van der Waals surface area (Å²) in [6, 6.07) is 13.5. The summed E-state index contributed by atoms with van der Waals surface area (Å²) in [6.07, 6.45) is 2.85. The standard InChI is InChI=1S/C21H17ClN2O4/c1-2-11-24-20(26)18(19(25)23-21(24)27)12-14-5-9-17(10-6-14)28-13-15-3-7-16(22)8-4-15/h2-10,12H,1,11,13H2,(H,23,25,27). The molecule has 0 spiro atoms. The Morgan fingerprint density at radius 3 is 2.36 bits per heavy atom. The number of nitrogens with one attached hydrogen (secondary N) is 1. The molecule has 2 aromatic carbocycles. The minimum atomic E-state index is -0.752. The number of carbonyl (C=O) groups excluding carboxylic acids is 3. The van der Waals surface area contributed by atoms with Crippen molar-refractivity contribution in [1.82, 2.24) is 10.2 Å². The van der Waals surface area contributed by atoms with Gasteiger partial charge in [0.25, 0.3) is 11.8 Å². The van der Waals surface area contributed by atoms with E-state index in [1.165, 1.54) is 12.2 Å². The number of barbiturate groups is 1. The number of urea groups is 1. The predicted octanol–water partition coefficient (Wildman–Crippen LogP) is 3.57. The van der Waals surface area contributed by atoms with E-state index >= 15 is 0 Å². The fraction of sp³-hybridized carbons (Fsp3) is 0.0952. The Kier molecular flexibility index (Phi) is 5.91. The van der Waals surface area contributed by atoms with Gasteiger partial charge in [-0.2, -0.15) is 0 Å². The number of benzene rings is 2. The van der Waals surface area contributed by atoms with Gasteiger partial charge in [-0.15, -0.1) is 6.58 Å². The van der Waals surface area contributed by atoms with E-state index < -0.39 is 17.8 Å². The van der Waals surface area contributed by atoms with Crippen molar-refractivity contribution < 1.29 is 19.1 Å². The Balaban J connectivity index is 1.70. The summed E-state index contributed by atoms with van der Waals surface area (Å²) in [5.74, 6) is -0.741. The first-order valence-electron chi connectivity index (χ1n) is 8.45. The number of halogens is 1. The maximum atomic E-state index is 12.4. The van der Waals surface area contributed by atoms with E-state index in [9.17, 15) is 14.4 Å². The maximum absolute atomic E-state index is 12.4. The molecule has 0 aliphatic carbocycles. The van der Waals surface area contributed by atoms with E-state index in [4.69, 9.17) is 16.3 Å². The number of ether oxygens (including phenoxy) is 1. The van der Waals surface area contributed by atoms with Crippen LogP contribution in [0.4, 0.5) is 4.79 Å². The summed E-state index contributed by atoms with van der Waals surface area (Å²) in [7, 11) is 0. The molecule has 0 saturated carbocycles. The van der Waals surface area contributed by atoms with Crippen LogP contribution in [0.3, 0.4) is 0 Å². The van der Waals surface area contributed by atoms with Crippen molar-refractivity contribution in [3.63, 3.8) is 0 Å². The van der Waals surface area contributed by atoms with Crippen LogP contribution in [0.1, 0.15) is 11.1 Å². The summed E-state index contributed by atoms with van der Waals surface area (Å²) < 4.78 is 5.71. The monoisotopic (exact) mass is 396 g/mol. The van der Waals surface area contributed by atoms with E-state index in [1.807, 2.05) is 12.1 Å². The Bertz CT molecular complexity index is 949. The Labute approximate surface area is 167 Å². The van der Waals surface area contributed by atoms with Crippen LogP contribution in [0.15, 0.2) is 66.8 Å². The molecule has 0 radical (unpaired) electrons. The molecule has 142 valence electrons. The normalized spacial score (nSPS) is 15.5. The number of rotatable bonds is 6. The van der Waals surface area contributed by atoms with Crippen molar-refractivity contribution in [2.24, 2.45) is 0 Å². The zero-order chi connectivity index (χ0) is 20.1. The number of amides is 4. The first-order chi connectivity index (χ1) is 13.5. The Hall–Kier alpha value is -3.38. The van der Waals surface area contributed by atoms with Gasteiger partial charge >= 0.3 is 6.03 Å². The molecule has 0 unspecified atom stereocenters. The lowest BCUT2D eigenvalue weighted by Gasteiger charge is -2.25. The van der Waals surface area contributed by atoms with Gasteiger partial charge in [0.1, 0.15) is 17.9 Å². The highest BCUT2D eigenvalue weighted by Crippen LogP contribution is 2.19. The molecule has 3 rings (SSSR count). The molecule has 28 heavy (non-hydrogen) atoms. The van der Waals surface area contributed by atoms with Gasteiger partial charge in [-0.25, -0.2) is 4.79 Å². The third-order valence-electron chi connectivity index (χ3n) is 4.01. The second kappa shape index (κ2) is 8.54. The van der Waals surface area contributed by atoms with Crippen LogP contribution in [0, 0.1) is 0 Å². The van der Waals surface area contributed by atoms with E-state index in [2.05, 4.69) is 11.9 Å². The van der Waals surface area contributed by atoms with Gasteiger partial charge < -0.3 is 4.74 Å². The SMILES string of the molecule is C=CCN1C(=O)NC(=O)C(=Cc2ccc(OCc3ccc(Cl)cc3)cc2)C1=O. The first-order valence-corrected chi connectivity index (χ1v) is 8.83. The number of hydrogen-bond acceptors (Lipinski definition) is 4. The maximum Gasteiger partial charge on any atom is 0.331 e. The second-order valence-electron chi connectivity index (χ2n) is 6.01. The largest absolute Gasteiger partial charge is 0.489 e. The molecular formula is C21H17ClN2O4. The zero-order valence-electron chi connectivity index (χ0n) is 14.9. The highest BCUT2D eigenvalue weighted by molar-refractivity contribution is 6.31. The fourth-order valence-corrected chi connectivity index (χ4v) is 2.69. The van der Waals surface area contributed by atoms with Gasteiger partial charge in [0.05, 0.1) is 0 Å². The molecule has 6 nitrogen and oxygen atoms in total. The van der Waals surface area contributed by atoms with Crippen LogP contribution in [-0.2, 0) is 16.2 Å². The van der Waals surface area contributed by atoms with Gasteiger partial charge in [0, 0.05) is 11.6 Å². The molecule has 1 heterocycles. The second-order valence-corrected chi connectivity index (χ2v) is 6.44. The summed E-state index contributed by atoms with van der Waals surface area (Å²) in [6.45, 7) is 3.91. The molecule has 4 amide bonds. The van der Waals surface area contributed by atoms with Crippen molar-refractivity contribution in [2.75, 3.05) is 6.54 Å². The molecule has 1 fully saturated rings. The van der Waals surface area contributed by atoms with Crippen LogP contribution >= 0.6 is 11.6 Å². The van der Waals surface area contributed by atoms with Gasteiger partial charge in [-0.05, 0) is 41.5 Å². The minimum absolute atomic E-state index is 0.0206. The lowest BCUT2D eigenvalue weighted by molar-refractivity contribution is -0.129. The van der Waals surface area contributed by atoms with Gasteiger partial charge in [0.15, 0.2) is 0 Å². The van der Waals surface area contributed by atoms with Crippen LogP contribution < -0.4 is 10.1 Å². The lowest BCUT2D eigenvalue weighted by Crippen LogP contribution is -2.54. The summed E-state index contributed by atoms with van der Waals surface area (Å²) >= 11 is 5.86. The molecule has 1 N–H and O–H groups in total. The van der Waals surface area contributed by atoms with Crippen molar-refractivity contribution >= 4 is 35.5 Å². The lowest BCUT2D eigenvalue weighted by atomic mass is 10.1. The number of hydrogen-bond donors (Lipinski definition) is 1. The molecular weight excluding hydrogens is 380 g/mol. The highest BCUT2D eigenvalue weighted by Gasteiger charge is 2.34. The van der Waals surface area contributed by atoms with Gasteiger partial charge in [-0.3, -0.25) is 19.8 Å². The van der Waals surface area contributed by atoms with Gasteiger partial charge in [-0.1, -0.05) is 41.9 Å². The van der Waals surface area contributed by atoms with Crippen LogP contribution in [0.5, 0.6) is 5.75 Å². The smallest absolute Gasteiger partial charge is 0.331 e. The molecule has 2 aromatic rings. The van der Waals surface area contributed by atoms with E-state index in [1.54, 1.807) is 36.4 Å². The fourth-order valence-electron chi connectivity index (χ4n) is 2.56. The molecule has 0 aromatic heterocycles. The summed E-state index contributed by atoms with van der Waals surface area (Å²) in [5, 5.41) is 2.81. The summed E-state index contributed by atoms with van der Waals surface area (Å²) in [4.78, 5) is 37.0. The topological polar surface area (TPSA) is 75.7 Å². The third-order valence-corrected chi connectivity index (χ3v) is 4.26. The van der Waals surface area contributed by atoms with Crippen LogP contribution in [-0.4, -0.2) is 29.3 Å². The molecule has 0 atom stereocenters. The first kappa shape index (κ1) is 19.4. The molecule has 1 saturated heterocycles.